The highest BCUT2D eigenvalue weighted by Gasteiger charge is 2.21. The number of hydrogen-bond donors (Lipinski definition) is 0. The Morgan fingerprint density at radius 1 is 0.939 bits per heavy atom. The Hall–Kier alpha value is -3.77. The zero-order valence-electron chi connectivity index (χ0n) is 18.9. The van der Waals surface area contributed by atoms with Crippen LogP contribution in [-0.4, -0.2) is 52.7 Å². The van der Waals surface area contributed by atoms with Crippen LogP contribution in [0.5, 0.6) is 5.75 Å². The minimum Gasteiger partial charge on any atom is -0.492 e. The van der Waals surface area contributed by atoms with E-state index in [1.807, 2.05) is 55.2 Å². The zero-order valence-corrected chi connectivity index (χ0v) is 18.9. The van der Waals surface area contributed by atoms with E-state index in [-0.39, 0.29) is 5.78 Å². The van der Waals surface area contributed by atoms with E-state index in [9.17, 15) is 4.79 Å². The fraction of sp³-hybridized carbons (Fsp3) is 0.222. The second kappa shape index (κ2) is 9.00. The van der Waals surface area contributed by atoms with Gasteiger partial charge in [0.2, 0.25) is 0 Å². The highest BCUT2D eigenvalue weighted by molar-refractivity contribution is 6.00. The van der Waals surface area contributed by atoms with E-state index in [1.54, 1.807) is 12.4 Å². The summed E-state index contributed by atoms with van der Waals surface area (Å²) >= 11 is 0. The predicted octanol–water partition coefficient (Wildman–Crippen LogP) is 4.67. The third kappa shape index (κ3) is 4.43. The molecule has 6 heteroatoms. The fourth-order valence-electron chi connectivity index (χ4n) is 4.09. The minimum absolute atomic E-state index is 0.222. The number of aryl methyl sites for hydroxylation is 1. The molecule has 1 aliphatic rings. The zero-order chi connectivity index (χ0) is 22.8. The number of nitrogens with zero attached hydrogens (tertiary/aromatic N) is 4. The van der Waals surface area contributed by atoms with Gasteiger partial charge in [-0.05, 0) is 86.7 Å². The van der Waals surface area contributed by atoms with E-state index in [4.69, 9.17) is 9.84 Å². The highest BCUT2D eigenvalue weighted by Crippen LogP contribution is 2.31. The van der Waals surface area contributed by atoms with Crippen LogP contribution in [0.2, 0.25) is 0 Å². The number of ether oxygens (including phenoxy) is 1. The van der Waals surface area contributed by atoms with Gasteiger partial charge >= 0.3 is 0 Å². The molecule has 166 valence electrons. The van der Waals surface area contributed by atoms with Crippen LogP contribution < -0.4 is 4.74 Å². The molecule has 0 fully saturated rings. The van der Waals surface area contributed by atoms with Gasteiger partial charge in [-0.1, -0.05) is 0 Å². The number of carbonyl (C=O) groups excluding carboxylic acids is 1. The highest BCUT2D eigenvalue weighted by atomic mass is 16.5. The van der Waals surface area contributed by atoms with E-state index in [1.165, 1.54) is 0 Å². The summed E-state index contributed by atoms with van der Waals surface area (Å²) in [5, 5.41) is 4.93. The first-order valence-electron chi connectivity index (χ1n) is 11.1. The molecule has 2 aromatic carbocycles. The van der Waals surface area contributed by atoms with Crippen LogP contribution in [0.15, 0.2) is 73.1 Å². The quantitative estimate of drug-likeness (QED) is 0.420. The molecular weight excluding hydrogens is 412 g/mol. The maximum absolute atomic E-state index is 12.1. The van der Waals surface area contributed by atoms with Crippen LogP contribution in [0.3, 0.4) is 0 Å². The van der Waals surface area contributed by atoms with Gasteiger partial charge in [0, 0.05) is 42.0 Å². The molecule has 6 nitrogen and oxygen atoms in total. The van der Waals surface area contributed by atoms with Gasteiger partial charge in [-0.25, -0.2) is 4.68 Å². The first-order valence-corrected chi connectivity index (χ1v) is 11.1. The lowest BCUT2D eigenvalue weighted by molar-refractivity contribution is 0.0994. The molecule has 0 amide bonds. The van der Waals surface area contributed by atoms with Crippen LogP contribution >= 0.6 is 0 Å². The molecular formula is C27H26N4O2. The van der Waals surface area contributed by atoms with Crippen LogP contribution in [0.25, 0.3) is 28.2 Å². The SMILES string of the molecule is CN(C)CCOc1ccc(-c2cc(-c3ccncc3)nn2-c2ccc3c(c2)CCC3=O)cc1. The van der Waals surface area contributed by atoms with Crippen molar-refractivity contribution in [3.8, 4) is 34.0 Å². The van der Waals surface area contributed by atoms with Crippen molar-refractivity contribution in [2.45, 2.75) is 12.8 Å². The number of rotatable bonds is 7. The van der Waals surface area contributed by atoms with Gasteiger partial charge in [0.15, 0.2) is 5.78 Å². The lowest BCUT2D eigenvalue weighted by Crippen LogP contribution is -2.19. The van der Waals surface area contributed by atoms with E-state index in [2.05, 4.69) is 34.1 Å². The van der Waals surface area contributed by atoms with Crippen molar-refractivity contribution in [2.24, 2.45) is 0 Å². The summed E-state index contributed by atoms with van der Waals surface area (Å²) < 4.78 is 7.81. The molecule has 0 radical (unpaired) electrons. The monoisotopic (exact) mass is 438 g/mol. The molecule has 0 saturated carbocycles. The summed E-state index contributed by atoms with van der Waals surface area (Å²) in [6, 6.07) is 20.1. The van der Waals surface area contributed by atoms with Crippen molar-refractivity contribution in [2.75, 3.05) is 27.2 Å². The average Bonchev–Trinajstić information content (AvgIpc) is 3.44. The molecule has 1 aliphatic carbocycles. The average molecular weight is 439 g/mol. The van der Waals surface area contributed by atoms with Crippen LogP contribution in [0, 0.1) is 0 Å². The largest absolute Gasteiger partial charge is 0.492 e. The molecule has 5 rings (SSSR count). The third-order valence-corrected chi connectivity index (χ3v) is 5.90. The summed E-state index contributed by atoms with van der Waals surface area (Å²) in [6.45, 7) is 1.51. The van der Waals surface area contributed by atoms with Gasteiger partial charge < -0.3 is 9.64 Å². The van der Waals surface area contributed by atoms with Gasteiger partial charge in [-0.15, -0.1) is 0 Å². The fourth-order valence-corrected chi connectivity index (χ4v) is 4.09. The number of fused-ring (bicyclic) bond motifs is 1. The number of hydrogen-bond acceptors (Lipinski definition) is 5. The van der Waals surface area contributed by atoms with Crippen molar-refractivity contribution in [3.63, 3.8) is 0 Å². The summed E-state index contributed by atoms with van der Waals surface area (Å²) in [5.74, 6) is 1.07. The predicted molar refractivity (Wildman–Crippen MR) is 129 cm³/mol. The number of carbonyl (C=O) groups is 1. The number of pyridine rings is 1. The van der Waals surface area contributed by atoms with Crippen molar-refractivity contribution < 1.29 is 9.53 Å². The smallest absolute Gasteiger partial charge is 0.163 e. The van der Waals surface area contributed by atoms with E-state index < -0.39 is 0 Å². The van der Waals surface area contributed by atoms with E-state index in [0.29, 0.717) is 13.0 Å². The summed E-state index contributed by atoms with van der Waals surface area (Å²) in [5.41, 5.74) is 6.77. The lowest BCUT2D eigenvalue weighted by atomic mass is 10.1. The van der Waals surface area contributed by atoms with Gasteiger partial charge in [0.25, 0.3) is 0 Å². The third-order valence-electron chi connectivity index (χ3n) is 5.90. The molecule has 0 N–H and O–H groups in total. The Kier molecular flexibility index (Phi) is 5.75. The number of benzene rings is 2. The molecule has 0 spiro atoms. The summed E-state index contributed by atoms with van der Waals surface area (Å²) in [7, 11) is 4.06. The molecule has 0 aliphatic heterocycles. The first kappa shape index (κ1) is 21.1. The van der Waals surface area contributed by atoms with Crippen molar-refractivity contribution >= 4 is 5.78 Å². The Labute approximate surface area is 193 Å². The van der Waals surface area contributed by atoms with Crippen LogP contribution in [0.1, 0.15) is 22.3 Å². The molecule has 0 atom stereocenters. The molecule has 0 saturated heterocycles. The van der Waals surface area contributed by atoms with Gasteiger partial charge in [-0.3, -0.25) is 9.78 Å². The van der Waals surface area contributed by atoms with Crippen LogP contribution in [-0.2, 0) is 6.42 Å². The van der Waals surface area contributed by atoms with Crippen molar-refractivity contribution in [1.82, 2.24) is 19.7 Å². The lowest BCUT2D eigenvalue weighted by Gasteiger charge is -2.12. The normalized spacial score (nSPS) is 12.9. The standard InChI is InChI=1S/C27H26N4O2/c1-30(2)15-16-33-23-7-3-20(4-8-23)26-18-25(19-11-13-28-14-12-19)29-31(26)22-6-9-24-21(17-22)5-10-27(24)32/h3-4,6-9,11-14,17-18H,5,10,15-16H2,1-2H3. The maximum Gasteiger partial charge on any atom is 0.163 e. The number of aromatic nitrogens is 3. The van der Waals surface area contributed by atoms with Crippen molar-refractivity contribution in [1.29, 1.82) is 0 Å². The molecule has 0 unspecified atom stereocenters. The molecule has 4 aromatic rings. The van der Waals surface area contributed by atoms with Gasteiger partial charge in [0.1, 0.15) is 12.4 Å². The Balaban J connectivity index is 1.52. The first-order chi connectivity index (χ1) is 16.1. The van der Waals surface area contributed by atoms with Gasteiger partial charge in [-0.2, -0.15) is 5.10 Å². The number of ketones is 1. The Morgan fingerprint density at radius 2 is 1.73 bits per heavy atom. The second-order valence-electron chi connectivity index (χ2n) is 8.50. The molecule has 2 aromatic heterocycles. The minimum atomic E-state index is 0.222. The number of Topliss-reactive ketones (excluding diaryl/α,β-unsaturated/α-hetero) is 1. The van der Waals surface area contributed by atoms with Crippen molar-refractivity contribution in [3.05, 3.63) is 84.2 Å². The topological polar surface area (TPSA) is 60.2 Å². The summed E-state index contributed by atoms with van der Waals surface area (Å²) in [4.78, 5) is 18.3. The Morgan fingerprint density at radius 3 is 2.48 bits per heavy atom. The molecule has 2 heterocycles. The van der Waals surface area contributed by atoms with Crippen LogP contribution in [0.4, 0.5) is 0 Å². The summed E-state index contributed by atoms with van der Waals surface area (Å²) in [6.07, 6.45) is 4.92. The number of likely N-dealkylation sites (N-methyl/N-ethyl adjacent to an activating group) is 1. The van der Waals surface area contributed by atoms with Gasteiger partial charge in [0.05, 0.1) is 17.1 Å². The van der Waals surface area contributed by atoms with E-state index >= 15 is 0 Å². The molecule has 0 bridgehead atoms. The second-order valence-corrected chi connectivity index (χ2v) is 8.50. The maximum atomic E-state index is 12.1. The molecule has 33 heavy (non-hydrogen) atoms. The van der Waals surface area contributed by atoms with E-state index in [0.717, 1.165) is 58.0 Å². The Bertz CT molecular complexity index is 1280.